The molecule has 1 amide bonds. The Morgan fingerprint density at radius 2 is 1.69 bits per heavy atom. The molecule has 2 bridgehead atoms. The van der Waals surface area contributed by atoms with Crippen molar-refractivity contribution in [3.63, 3.8) is 0 Å². The second-order valence-corrected chi connectivity index (χ2v) is 8.42. The summed E-state index contributed by atoms with van der Waals surface area (Å²) in [5.41, 5.74) is 3.01. The van der Waals surface area contributed by atoms with E-state index in [1.54, 1.807) is 7.11 Å². The second kappa shape index (κ2) is 7.71. The van der Waals surface area contributed by atoms with Crippen LogP contribution < -0.4 is 4.74 Å². The number of carbonyl (C=O) groups is 1. The van der Waals surface area contributed by atoms with E-state index < -0.39 is 5.60 Å². The second-order valence-electron chi connectivity index (χ2n) is 8.42. The summed E-state index contributed by atoms with van der Waals surface area (Å²) in [7, 11) is 1.67. The minimum absolute atomic E-state index is 0.00439. The SMILES string of the molecule is COc1c(C)cc(C2(O)CC3CCC(C2)N3C(=O)OCc2ccccc2)cc1C. The van der Waals surface area contributed by atoms with Crippen molar-refractivity contribution in [2.45, 2.75) is 63.8 Å². The fourth-order valence-electron chi connectivity index (χ4n) is 5.09. The number of hydrogen-bond acceptors (Lipinski definition) is 4. The number of aryl methyl sites for hydroxylation is 2. The van der Waals surface area contributed by atoms with Gasteiger partial charge in [0.2, 0.25) is 0 Å². The summed E-state index contributed by atoms with van der Waals surface area (Å²) in [5, 5.41) is 11.5. The van der Waals surface area contributed by atoms with Crippen LogP contribution in [0.2, 0.25) is 0 Å². The maximum Gasteiger partial charge on any atom is 0.410 e. The Balaban J connectivity index is 1.49. The summed E-state index contributed by atoms with van der Waals surface area (Å²) in [5.74, 6) is 0.863. The standard InChI is InChI=1S/C24H29NO4/c1-16-11-19(12-17(2)22(16)28-3)24(27)13-20-9-10-21(14-24)25(20)23(26)29-15-18-7-5-4-6-8-18/h4-8,11-12,20-21,27H,9-10,13-15H2,1-3H3. The molecule has 0 saturated carbocycles. The van der Waals surface area contributed by atoms with Crippen molar-refractivity contribution < 1.29 is 19.4 Å². The van der Waals surface area contributed by atoms with Gasteiger partial charge < -0.3 is 19.5 Å². The van der Waals surface area contributed by atoms with Gasteiger partial charge in [-0.25, -0.2) is 4.79 Å². The van der Waals surface area contributed by atoms with Gasteiger partial charge in [-0.05, 0) is 61.1 Å². The molecule has 0 spiro atoms. The third-order valence-corrected chi connectivity index (χ3v) is 6.38. The van der Waals surface area contributed by atoms with Gasteiger partial charge in [-0.2, -0.15) is 0 Å². The van der Waals surface area contributed by atoms with Crippen molar-refractivity contribution in [2.24, 2.45) is 0 Å². The Kier molecular flexibility index (Phi) is 5.26. The third kappa shape index (κ3) is 3.71. The van der Waals surface area contributed by atoms with E-state index in [2.05, 4.69) is 0 Å². The topological polar surface area (TPSA) is 59.0 Å². The first-order valence-corrected chi connectivity index (χ1v) is 10.3. The highest BCUT2D eigenvalue weighted by Gasteiger charge is 2.50. The number of fused-ring (bicyclic) bond motifs is 2. The van der Waals surface area contributed by atoms with Crippen LogP contribution in [-0.4, -0.2) is 35.3 Å². The summed E-state index contributed by atoms with van der Waals surface area (Å²) < 4.78 is 11.0. The molecule has 2 heterocycles. The quantitative estimate of drug-likeness (QED) is 0.830. The lowest BCUT2D eigenvalue weighted by Gasteiger charge is -2.43. The van der Waals surface area contributed by atoms with E-state index in [0.29, 0.717) is 12.8 Å². The predicted molar refractivity (Wildman–Crippen MR) is 111 cm³/mol. The van der Waals surface area contributed by atoms with Crippen LogP contribution in [-0.2, 0) is 16.9 Å². The van der Waals surface area contributed by atoms with Crippen molar-refractivity contribution in [3.05, 3.63) is 64.7 Å². The molecule has 2 aromatic rings. The maximum absolute atomic E-state index is 12.8. The number of methoxy groups -OCH3 is 1. The molecule has 5 nitrogen and oxygen atoms in total. The molecule has 2 saturated heterocycles. The van der Waals surface area contributed by atoms with Crippen LogP contribution in [0, 0.1) is 13.8 Å². The highest BCUT2D eigenvalue weighted by Crippen LogP contribution is 2.47. The number of rotatable bonds is 4. The van der Waals surface area contributed by atoms with Crippen molar-refractivity contribution in [1.29, 1.82) is 0 Å². The minimum atomic E-state index is -0.927. The summed E-state index contributed by atoms with van der Waals surface area (Å²) in [6.07, 6.45) is 2.61. The maximum atomic E-state index is 12.8. The van der Waals surface area contributed by atoms with Gasteiger partial charge in [0.25, 0.3) is 0 Å². The fourth-order valence-corrected chi connectivity index (χ4v) is 5.09. The van der Waals surface area contributed by atoms with Crippen LogP contribution in [0.5, 0.6) is 5.75 Å². The zero-order valence-electron chi connectivity index (χ0n) is 17.4. The molecule has 2 fully saturated rings. The Hall–Kier alpha value is -2.53. The molecule has 0 aliphatic carbocycles. The first-order valence-electron chi connectivity index (χ1n) is 10.3. The highest BCUT2D eigenvalue weighted by atomic mass is 16.6. The minimum Gasteiger partial charge on any atom is -0.496 e. The van der Waals surface area contributed by atoms with Crippen molar-refractivity contribution in [3.8, 4) is 5.75 Å². The molecule has 0 radical (unpaired) electrons. The summed E-state index contributed by atoms with van der Waals surface area (Å²) >= 11 is 0. The predicted octanol–water partition coefficient (Wildman–Crippen LogP) is 4.46. The first-order chi connectivity index (χ1) is 13.9. The average Bonchev–Trinajstić information content (AvgIpc) is 2.98. The zero-order chi connectivity index (χ0) is 20.6. The number of amides is 1. The molecule has 2 aromatic carbocycles. The smallest absolute Gasteiger partial charge is 0.410 e. The van der Waals surface area contributed by atoms with Crippen LogP contribution in [0.25, 0.3) is 0 Å². The molecule has 2 unspecified atom stereocenters. The van der Waals surface area contributed by atoms with Gasteiger partial charge >= 0.3 is 6.09 Å². The lowest BCUT2D eigenvalue weighted by molar-refractivity contribution is -0.0537. The number of aliphatic hydroxyl groups is 1. The van der Waals surface area contributed by atoms with Crippen LogP contribution >= 0.6 is 0 Å². The highest BCUT2D eigenvalue weighted by molar-refractivity contribution is 5.69. The van der Waals surface area contributed by atoms with E-state index in [9.17, 15) is 9.90 Å². The van der Waals surface area contributed by atoms with Crippen LogP contribution in [0.1, 0.15) is 47.9 Å². The monoisotopic (exact) mass is 395 g/mol. The molecular weight excluding hydrogens is 366 g/mol. The Morgan fingerprint density at radius 1 is 1.10 bits per heavy atom. The van der Waals surface area contributed by atoms with E-state index in [0.717, 1.165) is 40.8 Å². The van der Waals surface area contributed by atoms with E-state index >= 15 is 0 Å². The van der Waals surface area contributed by atoms with E-state index in [1.165, 1.54) is 0 Å². The molecule has 29 heavy (non-hydrogen) atoms. The van der Waals surface area contributed by atoms with Gasteiger partial charge in [-0.1, -0.05) is 30.3 Å². The van der Waals surface area contributed by atoms with Gasteiger partial charge in [0.15, 0.2) is 0 Å². The van der Waals surface area contributed by atoms with Gasteiger partial charge in [-0.15, -0.1) is 0 Å². The van der Waals surface area contributed by atoms with E-state index in [-0.39, 0.29) is 24.8 Å². The first kappa shape index (κ1) is 19.8. The van der Waals surface area contributed by atoms with Crippen molar-refractivity contribution in [2.75, 3.05) is 7.11 Å². The molecule has 5 heteroatoms. The van der Waals surface area contributed by atoms with Crippen LogP contribution in [0.3, 0.4) is 0 Å². The van der Waals surface area contributed by atoms with E-state index in [4.69, 9.17) is 9.47 Å². The molecule has 1 N–H and O–H groups in total. The van der Waals surface area contributed by atoms with E-state index in [1.807, 2.05) is 61.2 Å². The Labute approximate surface area is 172 Å². The Bertz CT molecular complexity index is 858. The zero-order valence-corrected chi connectivity index (χ0v) is 17.4. The molecule has 0 aromatic heterocycles. The molecule has 154 valence electrons. The van der Waals surface area contributed by atoms with Crippen molar-refractivity contribution in [1.82, 2.24) is 4.90 Å². The van der Waals surface area contributed by atoms with Gasteiger partial charge in [0, 0.05) is 24.9 Å². The molecule has 4 rings (SSSR count). The number of carbonyl (C=O) groups excluding carboxylic acids is 1. The third-order valence-electron chi connectivity index (χ3n) is 6.38. The Morgan fingerprint density at radius 3 is 2.24 bits per heavy atom. The van der Waals surface area contributed by atoms with Crippen LogP contribution in [0.4, 0.5) is 4.79 Å². The summed E-state index contributed by atoms with van der Waals surface area (Å²) in [6, 6.07) is 13.8. The van der Waals surface area contributed by atoms with Crippen molar-refractivity contribution >= 4 is 6.09 Å². The molecular formula is C24H29NO4. The van der Waals surface area contributed by atoms with Gasteiger partial charge in [-0.3, -0.25) is 0 Å². The number of piperidine rings is 1. The average molecular weight is 395 g/mol. The number of hydrogen-bond donors (Lipinski definition) is 1. The lowest BCUT2D eigenvalue weighted by Crippen LogP contribution is -2.52. The lowest BCUT2D eigenvalue weighted by atomic mass is 9.79. The van der Waals surface area contributed by atoms with Gasteiger partial charge in [0.05, 0.1) is 12.7 Å². The number of nitrogens with zero attached hydrogens (tertiary/aromatic N) is 1. The molecule has 2 aliphatic heterocycles. The summed E-state index contributed by atoms with van der Waals surface area (Å²) in [4.78, 5) is 14.6. The number of ether oxygens (including phenoxy) is 2. The number of benzene rings is 2. The summed E-state index contributed by atoms with van der Waals surface area (Å²) in [6.45, 7) is 4.28. The fraction of sp³-hybridized carbons (Fsp3) is 0.458. The molecule has 2 aliphatic rings. The van der Waals surface area contributed by atoms with Gasteiger partial charge in [0.1, 0.15) is 12.4 Å². The molecule has 2 atom stereocenters. The van der Waals surface area contributed by atoms with Crippen LogP contribution in [0.15, 0.2) is 42.5 Å². The largest absolute Gasteiger partial charge is 0.496 e. The normalized spacial score (nSPS) is 25.7.